The average molecular weight is 342 g/mol. The Hall–Kier alpha value is -0.690. The summed E-state index contributed by atoms with van der Waals surface area (Å²) in [5.74, 6) is 0.245. The van der Waals surface area contributed by atoms with Crippen LogP contribution in [0.4, 0.5) is 0 Å². The van der Waals surface area contributed by atoms with Gasteiger partial charge in [-0.15, -0.1) is 0 Å². The molecule has 0 aromatic heterocycles. The minimum absolute atomic E-state index is 0.245. The van der Waals surface area contributed by atoms with E-state index in [2.05, 4.69) is 14.7 Å². The summed E-state index contributed by atoms with van der Waals surface area (Å²) in [5, 5.41) is 1.18. The first-order valence-electron chi connectivity index (χ1n) is 7.49. The molecule has 0 saturated carbocycles. The smallest absolute Gasteiger partial charge is 0.191 e. The van der Waals surface area contributed by atoms with E-state index in [1.807, 2.05) is 6.07 Å². The number of benzene rings is 1. The molecule has 118 valence electrons. The third kappa shape index (κ3) is 2.77. The lowest BCUT2D eigenvalue weighted by Gasteiger charge is -2.60. The molecule has 0 unspecified atom stereocenters. The lowest BCUT2D eigenvalue weighted by atomic mass is 10.1. The van der Waals surface area contributed by atoms with E-state index in [9.17, 15) is 4.79 Å². The van der Waals surface area contributed by atoms with E-state index in [4.69, 9.17) is 23.2 Å². The highest BCUT2D eigenvalue weighted by Crippen LogP contribution is 2.29. The summed E-state index contributed by atoms with van der Waals surface area (Å²) >= 11 is 12.1. The summed E-state index contributed by atoms with van der Waals surface area (Å²) < 4.78 is 0.837. The van der Waals surface area contributed by atoms with Crippen LogP contribution in [0.15, 0.2) is 18.2 Å². The van der Waals surface area contributed by atoms with Crippen molar-refractivity contribution < 1.29 is 9.28 Å². The van der Waals surface area contributed by atoms with Crippen LogP contribution in [0.25, 0.3) is 0 Å². The lowest BCUT2D eigenvalue weighted by molar-refractivity contribution is -0.973. The molecule has 1 aromatic rings. The number of nitrogens with zero attached hydrogens (tertiary/aromatic N) is 4. The molecule has 4 saturated heterocycles. The van der Waals surface area contributed by atoms with Gasteiger partial charge in [0, 0.05) is 16.5 Å². The number of Topliss-reactive ketones (excluding diaryl/α,β-unsaturated/α-hetero) is 1. The van der Waals surface area contributed by atoms with Gasteiger partial charge in [0.25, 0.3) is 0 Å². The van der Waals surface area contributed by atoms with Crippen LogP contribution in [-0.2, 0) is 11.2 Å². The summed E-state index contributed by atoms with van der Waals surface area (Å²) in [4.78, 5) is 19.8. The zero-order valence-corrected chi connectivity index (χ0v) is 13.9. The van der Waals surface area contributed by atoms with Gasteiger partial charge in [-0.1, -0.05) is 29.3 Å². The Morgan fingerprint density at radius 3 is 2.18 bits per heavy atom. The van der Waals surface area contributed by atoms with Gasteiger partial charge in [-0.2, -0.15) is 0 Å². The molecule has 1 aromatic carbocycles. The van der Waals surface area contributed by atoms with Gasteiger partial charge >= 0.3 is 0 Å². The molecule has 5 rings (SSSR count). The van der Waals surface area contributed by atoms with E-state index in [0.717, 1.165) is 50.1 Å². The first-order chi connectivity index (χ1) is 10.5. The third-order valence-corrected chi connectivity index (χ3v) is 5.20. The molecule has 4 heterocycles. The number of hydrogen-bond donors (Lipinski definition) is 0. The van der Waals surface area contributed by atoms with E-state index in [0.29, 0.717) is 23.0 Å². The van der Waals surface area contributed by atoms with Crippen LogP contribution in [0, 0.1) is 0 Å². The average Bonchev–Trinajstić information content (AvgIpc) is 2.39. The molecule has 0 N–H and O–H groups in total. The molecule has 4 fully saturated rings. The van der Waals surface area contributed by atoms with Gasteiger partial charge in [-0.25, -0.2) is 14.7 Å². The highest BCUT2D eigenvalue weighted by Gasteiger charge is 2.49. The van der Waals surface area contributed by atoms with Crippen molar-refractivity contribution in [3.05, 3.63) is 33.8 Å². The normalized spacial score (nSPS) is 35.8. The molecule has 0 atom stereocenters. The maximum Gasteiger partial charge on any atom is 0.191 e. The molecule has 4 aliphatic rings. The van der Waals surface area contributed by atoms with Crippen LogP contribution in [0.3, 0.4) is 0 Å². The van der Waals surface area contributed by atoms with Crippen molar-refractivity contribution in [3.63, 3.8) is 0 Å². The Bertz CT molecular complexity index is 586. The second kappa shape index (κ2) is 5.44. The molecular weight excluding hydrogens is 323 g/mol. The molecule has 0 radical (unpaired) electrons. The molecule has 5 nitrogen and oxygen atoms in total. The van der Waals surface area contributed by atoms with Gasteiger partial charge in [0.15, 0.2) is 5.78 Å². The largest absolute Gasteiger partial charge is 0.293 e. The Kier molecular flexibility index (Phi) is 3.68. The fourth-order valence-corrected chi connectivity index (χ4v) is 4.59. The predicted octanol–water partition coefficient (Wildman–Crippen LogP) is 1.61. The van der Waals surface area contributed by atoms with Crippen LogP contribution in [0.5, 0.6) is 0 Å². The number of quaternary nitrogens is 1. The third-order valence-electron chi connectivity index (χ3n) is 4.61. The van der Waals surface area contributed by atoms with Gasteiger partial charge in [-0.3, -0.25) is 9.28 Å². The Labute approximate surface area is 140 Å². The van der Waals surface area contributed by atoms with Crippen molar-refractivity contribution in [2.75, 3.05) is 46.6 Å². The van der Waals surface area contributed by atoms with E-state index in [1.54, 1.807) is 12.1 Å². The molecule has 0 spiro atoms. The van der Waals surface area contributed by atoms with E-state index in [-0.39, 0.29) is 5.78 Å². The van der Waals surface area contributed by atoms with Crippen LogP contribution in [0.1, 0.15) is 5.56 Å². The fraction of sp³-hybridized carbons (Fsp3) is 0.533. The summed E-state index contributed by atoms with van der Waals surface area (Å²) in [6, 6.07) is 5.35. The molecule has 0 amide bonds. The van der Waals surface area contributed by atoms with E-state index >= 15 is 0 Å². The quantitative estimate of drug-likeness (QED) is 0.777. The van der Waals surface area contributed by atoms with Crippen molar-refractivity contribution in [1.29, 1.82) is 0 Å². The minimum Gasteiger partial charge on any atom is -0.293 e. The summed E-state index contributed by atoms with van der Waals surface area (Å²) in [5.41, 5.74) is 0.867. The Morgan fingerprint density at radius 2 is 1.64 bits per heavy atom. The van der Waals surface area contributed by atoms with Crippen molar-refractivity contribution in [2.24, 2.45) is 0 Å². The highest BCUT2D eigenvalue weighted by atomic mass is 35.5. The van der Waals surface area contributed by atoms with Crippen molar-refractivity contribution >= 4 is 29.0 Å². The number of carbonyl (C=O) groups excluding carboxylic acids is 1. The number of rotatable bonds is 4. The molecule has 22 heavy (non-hydrogen) atoms. The molecule has 7 heteroatoms. The lowest BCUT2D eigenvalue weighted by Crippen LogP contribution is -2.79. The number of carbonyl (C=O) groups is 1. The topological polar surface area (TPSA) is 26.8 Å². The first-order valence-corrected chi connectivity index (χ1v) is 8.25. The molecule has 4 aliphatic heterocycles. The molecule has 0 aliphatic carbocycles. The van der Waals surface area contributed by atoms with Crippen molar-refractivity contribution in [1.82, 2.24) is 14.7 Å². The van der Waals surface area contributed by atoms with Gasteiger partial charge < -0.3 is 0 Å². The van der Waals surface area contributed by atoms with Crippen LogP contribution >= 0.6 is 23.2 Å². The summed E-state index contributed by atoms with van der Waals surface area (Å²) in [7, 11) is 0. The second-order valence-electron chi connectivity index (χ2n) is 6.81. The van der Waals surface area contributed by atoms with Gasteiger partial charge in [0.05, 0.1) is 20.0 Å². The maximum absolute atomic E-state index is 12.6. The van der Waals surface area contributed by atoms with Crippen LogP contribution < -0.4 is 0 Å². The number of halogens is 2. The Balaban J connectivity index is 1.46. The Morgan fingerprint density at radius 1 is 1.05 bits per heavy atom. The summed E-state index contributed by atoms with van der Waals surface area (Å²) in [6.07, 6.45) is 0.385. The SMILES string of the molecule is O=C(Cc1ccc(Cl)cc1Cl)C[N+]12CN3CN(CN(C3)C1)C2. The van der Waals surface area contributed by atoms with Crippen molar-refractivity contribution in [2.45, 2.75) is 6.42 Å². The fourth-order valence-electron chi connectivity index (χ4n) is 4.12. The summed E-state index contributed by atoms with van der Waals surface area (Å²) in [6.45, 7) is 6.62. The standard InChI is InChI=1S/C15H19Cl2N4O/c16-13-2-1-12(15(17)4-13)3-14(22)5-21-9-18-6-19(10-21)8-20(7-18)11-21/h1-2,4H,3,5-11H2/q+1. The van der Waals surface area contributed by atoms with Crippen LogP contribution in [-0.4, -0.2) is 71.5 Å². The number of hydrogen-bond acceptors (Lipinski definition) is 4. The number of ketones is 1. The monoisotopic (exact) mass is 341 g/mol. The molecule has 4 bridgehead atoms. The van der Waals surface area contributed by atoms with E-state index < -0.39 is 0 Å². The maximum atomic E-state index is 12.6. The van der Waals surface area contributed by atoms with Gasteiger partial charge in [-0.05, 0) is 17.7 Å². The predicted molar refractivity (Wildman–Crippen MR) is 85.0 cm³/mol. The zero-order chi connectivity index (χ0) is 15.3. The van der Waals surface area contributed by atoms with Gasteiger partial charge in [0.2, 0.25) is 0 Å². The highest BCUT2D eigenvalue weighted by molar-refractivity contribution is 6.35. The van der Waals surface area contributed by atoms with Gasteiger partial charge in [0.1, 0.15) is 26.6 Å². The van der Waals surface area contributed by atoms with Crippen molar-refractivity contribution in [3.8, 4) is 0 Å². The first kappa shape index (κ1) is 14.9. The minimum atomic E-state index is 0.245. The molecular formula is C15H19Cl2N4O+. The van der Waals surface area contributed by atoms with Crippen LogP contribution in [0.2, 0.25) is 10.0 Å². The second-order valence-corrected chi connectivity index (χ2v) is 7.66. The van der Waals surface area contributed by atoms with E-state index in [1.165, 1.54) is 0 Å². The zero-order valence-electron chi connectivity index (χ0n) is 12.3.